The highest BCUT2D eigenvalue weighted by Gasteiger charge is 2.11. The second kappa shape index (κ2) is 6.75. The van der Waals surface area contributed by atoms with Crippen molar-refractivity contribution in [3.05, 3.63) is 95.6 Å². The number of aryl methyl sites for hydroxylation is 1. The highest BCUT2D eigenvalue weighted by atomic mass is 14.9. The molecule has 6 rings (SSSR count). The zero-order valence-electron chi connectivity index (χ0n) is 18.2. The largest absolute Gasteiger partial charge is 0.355 e. The van der Waals surface area contributed by atoms with Crippen molar-refractivity contribution in [2.75, 3.05) is 0 Å². The van der Waals surface area contributed by atoms with Crippen LogP contribution in [0.3, 0.4) is 0 Å². The Kier molecular flexibility index (Phi) is 3.97. The number of aromatic amines is 1. The predicted octanol–water partition coefficient (Wildman–Crippen LogP) is 7.68. The Labute approximate surface area is 182 Å². The SMILES string of the molecule is CC(C)c1ccc2c(c1)c1ccc(Cc3ccc4[nH]c5ccccc5c4c3)cc1n2C. The predicted molar refractivity (Wildman–Crippen MR) is 133 cm³/mol. The van der Waals surface area contributed by atoms with Gasteiger partial charge in [0.15, 0.2) is 0 Å². The molecule has 0 unspecified atom stereocenters. The van der Waals surface area contributed by atoms with Crippen molar-refractivity contribution in [3.63, 3.8) is 0 Å². The Morgan fingerprint density at radius 1 is 0.677 bits per heavy atom. The van der Waals surface area contributed by atoms with Crippen molar-refractivity contribution in [2.45, 2.75) is 26.2 Å². The van der Waals surface area contributed by atoms with Crippen molar-refractivity contribution < 1.29 is 0 Å². The van der Waals surface area contributed by atoms with E-state index in [4.69, 9.17) is 0 Å². The van der Waals surface area contributed by atoms with Crippen molar-refractivity contribution in [1.29, 1.82) is 0 Å². The summed E-state index contributed by atoms with van der Waals surface area (Å²) in [6.07, 6.45) is 0.935. The molecule has 152 valence electrons. The van der Waals surface area contributed by atoms with Crippen molar-refractivity contribution in [2.24, 2.45) is 7.05 Å². The lowest BCUT2D eigenvalue weighted by molar-refractivity contribution is 0.868. The summed E-state index contributed by atoms with van der Waals surface area (Å²) in [6.45, 7) is 4.52. The fraction of sp³-hybridized carbons (Fsp3) is 0.172. The molecule has 0 aliphatic heterocycles. The number of aromatic nitrogens is 2. The molecule has 0 saturated carbocycles. The van der Waals surface area contributed by atoms with E-state index in [1.54, 1.807) is 0 Å². The van der Waals surface area contributed by atoms with Crippen LogP contribution in [0.1, 0.15) is 36.5 Å². The van der Waals surface area contributed by atoms with Gasteiger partial charge in [0.1, 0.15) is 0 Å². The Morgan fingerprint density at radius 2 is 1.45 bits per heavy atom. The summed E-state index contributed by atoms with van der Waals surface area (Å²) in [4.78, 5) is 3.52. The van der Waals surface area contributed by atoms with E-state index in [9.17, 15) is 0 Å². The topological polar surface area (TPSA) is 20.7 Å². The third-order valence-electron chi connectivity index (χ3n) is 6.74. The van der Waals surface area contributed by atoms with Gasteiger partial charge in [-0.3, -0.25) is 0 Å². The third kappa shape index (κ3) is 2.86. The van der Waals surface area contributed by atoms with Gasteiger partial charge in [-0.05, 0) is 65.4 Å². The average molecular weight is 403 g/mol. The molecule has 0 aliphatic rings. The van der Waals surface area contributed by atoms with Crippen LogP contribution in [0, 0.1) is 0 Å². The van der Waals surface area contributed by atoms with Gasteiger partial charge in [-0.15, -0.1) is 0 Å². The molecule has 4 aromatic carbocycles. The monoisotopic (exact) mass is 402 g/mol. The molecular weight excluding hydrogens is 376 g/mol. The molecule has 0 spiro atoms. The summed E-state index contributed by atoms with van der Waals surface area (Å²) in [5, 5.41) is 5.30. The number of rotatable bonds is 3. The van der Waals surface area contributed by atoms with Crippen LogP contribution in [0.15, 0.2) is 78.9 Å². The van der Waals surface area contributed by atoms with Crippen LogP contribution in [0.25, 0.3) is 43.6 Å². The Hall–Kier alpha value is -3.52. The summed E-state index contributed by atoms with van der Waals surface area (Å²) < 4.78 is 2.33. The van der Waals surface area contributed by atoms with E-state index in [0.717, 1.165) is 6.42 Å². The molecule has 2 heteroatoms. The molecule has 0 amide bonds. The lowest BCUT2D eigenvalue weighted by Gasteiger charge is -2.05. The molecule has 0 radical (unpaired) electrons. The lowest BCUT2D eigenvalue weighted by atomic mass is 9.99. The summed E-state index contributed by atoms with van der Waals surface area (Å²) in [5.74, 6) is 0.540. The fourth-order valence-electron chi connectivity index (χ4n) is 4.98. The minimum atomic E-state index is 0.540. The van der Waals surface area contributed by atoms with Crippen LogP contribution in [-0.2, 0) is 13.5 Å². The maximum atomic E-state index is 3.52. The number of fused-ring (bicyclic) bond motifs is 6. The molecule has 6 aromatic rings. The number of nitrogens with zero attached hydrogens (tertiary/aromatic N) is 1. The van der Waals surface area contributed by atoms with E-state index in [2.05, 4.69) is 109 Å². The molecule has 0 atom stereocenters. The van der Waals surface area contributed by atoms with Crippen LogP contribution in [-0.4, -0.2) is 9.55 Å². The molecular formula is C29H26N2. The van der Waals surface area contributed by atoms with Crippen LogP contribution < -0.4 is 0 Å². The van der Waals surface area contributed by atoms with Gasteiger partial charge in [-0.25, -0.2) is 0 Å². The maximum Gasteiger partial charge on any atom is 0.0491 e. The number of hydrogen-bond acceptors (Lipinski definition) is 0. The second-order valence-corrected chi connectivity index (χ2v) is 9.07. The van der Waals surface area contributed by atoms with Gasteiger partial charge in [0.05, 0.1) is 0 Å². The molecule has 31 heavy (non-hydrogen) atoms. The molecule has 0 fully saturated rings. The van der Waals surface area contributed by atoms with E-state index in [1.807, 2.05) is 0 Å². The van der Waals surface area contributed by atoms with Crippen LogP contribution in [0.5, 0.6) is 0 Å². The van der Waals surface area contributed by atoms with E-state index in [-0.39, 0.29) is 0 Å². The normalized spacial score (nSPS) is 12.1. The Bertz CT molecular complexity index is 1590. The average Bonchev–Trinajstić information content (AvgIpc) is 3.29. The maximum absolute atomic E-state index is 3.52. The van der Waals surface area contributed by atoms with Crippen LogP contribution in [0.2, 0.25) is 0 Å². The third-order valence-corrected chi connectivity index (χ3v) is 6.74. The number of benzene rings is 4. The first-order chi connectivity index (χ1) is 15.1. The summed E-state index contributed by atoms with van der Waals surface area (Å²) in [7, 11) is 2.18. The summed E-state index contributed by atoms with van der Waals surface area (Å²) in [6, 6.07) is 29.2. The smallest absolute Gasteiger partial charge is 0.0491 e. The number of para-hydroxylation sites is 1. The van der Waals surface area contributed by atoms with Crippen molar-refractivity contribution in [3.8, 4) is 0 Å². The number of H-pyrrole nitrogens is 1. The van der Waals surface area contributed by atoms with E-state index >= 15 is 0 Å². The first-order valence-electron chi connectivity index (χ1n) is 11.1. The van der Waals surface area contributed by atoms with Gasteiger partial charge in [0.25, 0.3) is 0 Å². The van der Waals surface area contributed by atoms with Gasteiger partial charge in [0.2, 0.25) is 0 Å². The van der Waals surface area contributed by atoms with Crippen molar-refractivity contribution >= 4 is 43.6 Å². The summed E-state index contributed by atoms with van der Waals surface area (Å²) >= 11 is 0. The molecule has 0 saturated heterocycles. The fourth-order valence-corrected chi connectivity index (χ4v) is 4.98. The quantitative estimate of drug-likeness (QED) is 0.313. The first-order valence-corrected chi connectivity index (χ1v) is 11.1. The van der Waals surface area contributed by atoms with E-state index < -0.39 is 0 Å². The molecule has 2 heterocycles. The molecule has 0 aliphatic carbocycles. The van der Waals surface area contributed by atoms with E-state index in [1.165, 1.54) is 60.3 Å². The number of hydrogen-bond donors (Lipinski definition) is 1. The van der Waals surface area contributed by atoms with Crippen LogP contribution >= 0.6 is 0 Å². The molecule has 2 aromatic heterocycles. The minimum Gasteiger partial charge on any atom is -0.355 e. The highest BCUT2D eigenvalue weighted by Crippen LogP contribution is 2.32. The van der Waals surface area contributed by atoms with E-state index in [0.29, 0.717) is 5.92 Å². The molecule has 0 bridgehead atoms. The minimum absolute atomic E-state index is 0.540. The van der Waals surface area contributed by atoms with Gasteiger partial charge in [-0.2, -0.15) is 0 Å². The van der Waals surface area contributed by atoms with Crippen LogP contribution in [0.4, 0.5) is 0 Å². The highest BCUT2D eigenvalue weighted by molar-refractivity contribution is 6.09. The van der Waals surface area contributed by atoms with Gasteiger partial charge < -0.3 is 9.55 Å². The Morgan fingerprint density at radius 3 is 2.32 bits per heavy atom. The zero-order valence-corrected chi connectivity index (χ0v) is 18.2. The second-order valence-electron chi connectivity index (χ2n) is 9.07. The van der Waals surface area contributed by atoms with Gasteiger partial charge in [-0.1, -0.05) is 56.3 Å². The lowest BCUT2D eigenvalue weighted by Crippen LogP contribution is -1.91. The molecule has 2 nitrogen and oxygen atoms in total. The summed E-state index contributed by atoms with van der Waals surface area (Å²) in [5.41, 5.74) is 9.11. The first kappa shape index (κ1) is 18.3. The zero-order chi connectivity index (χ0) is 21.1. The number of nitrogens with one attached hydrogen (secondary N) is 1. The van der Waals surface area contributed by atoms with Crippen molar-refractivity contribution in [1.82, 2.24) is 9.55 Å². The van der Waals surface area contributed by atoms with Gasteiger partial charge in [0, 0.05) is 50.7 Å². The standard InChI is InChI=1S/C29H26N2/c1-18(2)21-10-13-28-25(17-21)23-11-8-20(16-29(23)31(28)3)14-19-9-12-27-24(15-19)22-6-4-5-7-26(22)30-27/h4-13,15-18,30H,14H2,1-3H3. The molecule has 1 N–H and O–H groups in total. The van der Waals surface area contributed by atoms with Gasteiger partial charge >= 0.3 is 0 Å². The Balaban J connectivity index is 1.44.